The Morgan fingerprint density at radius 1 is 1.00 bits per heavy atom. The van der Waals surface area contributed by atoms with Gasteiger partial charge < -0.3 is 5.32 Å². The fraction of sp³-hybridized carbons (Fsp3) is 0.0870. The smallest absolute Gasteiger partial charge is 0.266 e. The molecule has 1 heterocycles. The van der Waals surface area contributed by atoms with Gasteiger partial charge in [0.05, 0.1) is 26.9 Å². The molecule has 0 radical (unpaired) electrons. The zero-order chi connectivity index (χ0) is 21.1. The molecule has 0 saturated heterocycles. The van der Waals surface area contributed by atoms with Crippen molar-refractivity contribution in [2.45, 2.75) is 17.3 Å². The van der Waals surface area contributed by atoms with Crippen LogP contribution in [0.1, 0.15) is 6.92 Å². The number of aromatic nitrogens is 2. The van der Waals surface area contributed by atoms with Gasteiger partial charge in [-0.25, -0.2) is 4.98 Å². The van der Waals surface area contributed by atoms with Gasteiger partial charge in [0.15, 0.2) is 5.16 Å². The van der Waals surface area contributed by atoms with Crippen LogP contribution in [0.5, 0.6) is 0 Å². The Labute approximate surface area is 182 Å². The molecule has 0 fully saturated rings. The third-order valence-corrected chi connectivity index (χ3v) is 5.90. The molecular formula is C23H18ClN3O2S. The van der Waals surface area contributed by atoms with Crippen LogP contribution in [-0.4, -0.2) is 20.7 Å². The number of anilines is 1. The summed E-state index contributed by atoms with van der Waals surface area (Å²) in [4.78, 5) is 30.7. The number of amides is 1. The molecule has 30 heavy (non-hydrogen) atoms. The second-order valence-corrected chi connectivity index (χ2v) is 8.33. The Bertz CT molecular complexity index is 1270. The minimum atomic E-state index is -0.494. The first-order valence-corrected chi connectivity index (χ1v) is 10.6. The number of thioether (sulfide) groups is 1. The van der Waals surface area contributed by atoms with Gasteiger partial charge in [-0.2, -0.15) is 0 Å². The van der Waals surface area contributed by atoms with E-state index in [-0.39, 0.29) is 11.5 Å². The molecule has 4 rings (SSSR count). The maximum absolute atomic E-state index is 13.3. The number of hydrogen-bond acceptors (Lipinski definition) is 4. The summed E-state index contributed by atoms with van der Waals surface area (Å²) in [6, 6.07) is 23.5. The quantitative estimate of drug-likeness (QED) is 0.347. The highest BCUT2D eigenvalue weighted by molar-refractivity contribution is 8.00. The lowest BCUT2D eigenvalue weighted by atomic mass is 10.2. The summed E-state index contributed by atoms with van der Waals surface area (Å²) in [6.45, 7) is 1.78. The first-order chi connectivity index (χ1) is 14.5. The molecule has 1 N–H and O–H groups in total. The van der Waals surface area contributed by atoms with Crippen molar-refractivity contribution in [2.75, 3.05) is 5.32 Å². The van der Waals surface area contributed by atoms with E-state index in [0.29, 0.717) is 32.5 Å². The third kappa shape index (κ3) is 4.10. The average molecular weight is 436 g/mol. The van der Waals surface area contributed by atoms with E-state index in [1.165, 1.54) is 16.3 Å². The molecule has 4 aromatic rings. The first-order valence-electron chi connectivity index (χ1n) is 9.34. The van der Waals surface area contributed by atoms with Crippen molar-refractivity contribution >= 4 is 45.9 Å². The van der Waals surface area contributed by atoms with E-state index in [0.717, 1.165) is 0 Å². The number of carbonyl (C=O) groups is 1. The van der Waals surface area contributed by atoms with Gasteiger partial charge >= 0.3 is 0 Å². The molecule has 0 bridgehead atoms. The molecule has 1 amide bonds. The van der Waals surface area contributed by atoms with Crippen LogP contribution >= 0.6 is 23.4 Å². The summed E-state index contributed by atoms with van der Waals surface area (Å²) in [7, 11) is 0. The molecule has 5 nitrogen and oxygen atoms in total. The summed E-state index contributed by atoms with van der Waals surface area (Å²) in [5.74, 6) is -0.181. The second-order valence-electron chi connectivity index (χ2n) is 6.62. The van der Waals surface area contributed by atoms with Gasteiger partial charge in [0.2, 0.25) is 5.91 Å². The SMILES string of the molecule is C[C@@H](Sc1nc2ccccc2c(=O)n1-c1ccccc1Cl)C(=O)Nc1ccccc1. The van der Waals surface area contributed by atoms with Crippen molar-refractivity contribution < 1.29 is 4.79 Å². The van der Waals surface area contributed by atoms with Gasteiger partial charge in [-0.3, -0.25) is 14.2 Å². The lowest BCUT2D eigenvalue weighted by molar-refractivity contribution is -0.115. The molecule has 7 heteroatoms. The number of hydrogen-bond donors (Lipinski definition) is 1. The molecule has 1 aromatic heterocycles. The van der Waals surface area contributed by atoms with E-state index in [4.69, 9.17) is 11.6 Å². The van der Waals surface area contributed by atoms with Gasteiger partial charge in [0.1, 0.15) is 0 Å². The normalized spacial score (nSPS) is 11.9. The zero-order valence-electron chi connectivity index (χ0n) is 16.1. The van der Waals surface area contributed by atoms with Crippen molar-refractivity contribution in [3.63, 3.8) is 0 Å². The molecule has 0 aliphatic carbocycles. The minimum absolute atomic E-state index is 0.181. The largest absolute Gasteiger partial charge is 0.325 e. The van der Waals surface area contributed by atoms with Crippen molar-refractivity contribution in [3.05, 3.63) is 94.2 Å². The van der Waals surface area contributed by atoms with Crippen molar-refractivity contribution in [2.24, 2.45) is 0 Å². The Hall–Kier alpha value is -3.09. The number of benzene rings is 3. The van der Waals surface area contributed by atoms with Crippen LogP contribution in [-0.2, 0) is 4.79 Å². The first kappa shape index (κ1) is 20.2. The van der Waals surface area contributed by atoms with E-state index in [9.17, 15) is 9.59 Å². The topological polar surface area (TPSA) is 64.0 Å². The second kappa shape index (κ2) is 8.73. The highest BCUT2D eigenvalue weighted by Gasteiger charge is 2.21. The standard InChI is InChI=1S/C23H18ClN3O2S/c1-15(21(28)25-16-9-3-2-4-10-16)30-23-26-19-13-7-5-11-17(19)22(29)27(23)20-14-8-6-12-18(20)24/h2-15H,1H3,(H,25,28)/t15-/m1/s1. The summed E-state index contributed by atoms with van der Waals surface area (Å²) in [5.41, 5.74) is 1.58. The Kier molecular flexibility index (Phi) is 5.88. The summed E-state index contributed by atoms with van der Waals surface area (Å²) < 4.78 is 1.47. The average Bonchev–Trinajstić information content (AvgIpc) is 2.75. The van der Waals surface area contributed by atoms with Crippen LogP contribution in [0.25, 0.3) is 16.6 Å². The number of nitrogens with zero attached hydrogens (tertiary/aromatic N) is 2. The van der Waals surface area contributed by atoms with Gasteiger partial charge in [-0.1, -0.05) is 65.8 Å². The van der Waals surface area contributed by atoms with Gasteiger partial charge in [0, 0.05) is 5.69 Å². The van der Waals surface area contributed by atoms with Crippen molar-refractivity contribution in [1.29, 1.82) is 0 Å². The summed E-state index contributed by atoms with van der Waals surface area (Å²) >= 11 is 7.60. The highest BCUT2D eigenvalue weighted by Crippen LogP contribution is 2.28. The molecule has 150 valence electrons. The molecule has 0 unspecified atom stereocenters. The van der Waals surface area contributed by atoms with Crippen LogP contribution in [0.3, 0.4) is 0 Å². The minimum Gasteiger partial charge on any atom is -0.325 e. The monoisotopic (exact) mass is 435 g/mol. The number of halogens is 1. The van der Waals surface area contributed by atoms with E-state index >= 15 is 0 Å². The summed E-state index contributed by atoms with van der Waals surface area (Å²) in [6.07, 6.45) is 0. The number of nitrogens with one attached hydrogen (secondary N) is 1. The maximum atomic E-state index is 13.3. The highest BCUT2D eigenvalue weighted by atomic mass is 35.5. The Morgan fingerprint density at radius 2 is 1.67 bits per heavy atom. The van der Waals surface area contributed by atoms with Crippen LogP contribution in [0.2, 0.25) is 5.02 Å². The third-order valence-electron chi connectivity index (χ3n) is 4.53. The summed E-state index contributed by atoms with van der Waals surface area (Å²) in [5, 5.41) is 3.71. The molecular weight excluding hydrogens is 418 g/mol. The van der Waals surface area contributed by atoms with Crippen LogP contribution in [0.4, 0.5) is 5.69 Å². The number of para-hydroxylation sites is 3. The number of rotatable bonds is 5. The maximum Gasteiger partial charge on any atom is 0.266 e. The Balaban J connectivity index is 1.76. The van der Waals surface area contributed by atoms with Gasteiger partial charge in [0.25, 0.3) is 5.56 Å². The van der Waals surface area contributed by atoms with Gasteiger partial charge in [-0.05, 0) is 43.3 Å². The zero-order valence-corrected chi connectivity index (χ0v) is 17.7. The predicted octanol–water partition coefficient (Wildman–Crippen LogP) is 5.16. The molecule has 0 spiro atoms. The fourth-order valence-corrected chi connectivity index (χ4v) is 4.15. The Morgan fingerprint density at radius 3 is 2.43 bits per heavy atom. The van der Waals surface area contributed by atoms with Crippen molar-refractivity contribution in [3.8, 4) is 5.69 Å². The molecule has 1 atom stereocenters. The molecule has 3 aromatic carbocycles. The lowest BCUT2D eigenvalue weighted by Crippen LogP contribution is -2.26. The fourth-order valence-electron chi connectivity index (χ4n) is 3.01. The van der Waals surface area contributed by atoms with Crippen LogP contribution in [0.15, 0.2) is 88.8 Å². The van der Waals surface area contributed by atoms with Crippen LogP contribution < -0.4 is 10.9 Å². The molecule has 0 aliphatic rings. The van der Waals surface area contributed by atoms with E-state index < -0.39 is 5.25 Å². The molecule has 0 saturated carbocycles. The van der Waals surface area contributed by atoms with E-state index in [1.54, 1.807) is 43.3 Å². The number of carbonyl (C=O) groups excluding carboxylic acids is 1. The van der Waals surface area contributed by atoms with E-state index in [1.807, 2.05) is 42.5 Å². The molecule has 0 aliphatic heterocycles. The van der Waals surface area contributed by atoms with Gasteiger partial charge in [-0.15, -0.1) is 0 Å². The number of fused-ring (bicyclic) bond motifs is 1. The van der Waals surface area contributed by atoms with Crippen LogP contribution in [0, 0.1) is 0 Å². The van der Waals surface area contributed by atoms with Crippen molar-refractivity contribution in [1.82, 2.24) is 9.55 Å². The predicted molar refractivity (Wildman–Crippen MR) is 123 cm³/mol. The van der Waals surface area contributed by atoms with E-state index in [2.05, 4.69) is 10.3 Å². The lowest BCUT2D eigenvalue weighted by Gasteiger charge is -2.17.